The number of piperazine rings is 1. The van der Waals surface area contributed by atoms with E-state index in [0.717, 1.165) is 37.7 Å². The van der Waals surface area contributed by atoms with E-state index in [1.807, 2.05) is 11.6 Å². The number of nitrogens with one attached hydrogen (secondary N) is 1. The zero-order chi connectivity index (χ0) is 15.4. The number of nitrogens with zero attached hydrogens (tertiary/aromatic N) is 3. The number of aromatic nitrogens is 1. The first-order valence-electron chi connectivity index (χ1n) is 8.38. The molecule has 2 heterocycles. The third-order valence-corrected chi connectivity index (χ3v) is 5.72. The molecule has 1 aromatic heterocycles. The Morgan fingerprint density at radius 2 is 2.09 bits per heavy atom. The monoisotopic (exact) mass is 322 g/mol. The standard InChI is InChI=1S/C16H26N4OS/c1-13-4-2-3-5-14(13)18-15(21)12-19-7-9-20(10-8-19)16-17-6-11-22-16/h6,11,13-14H,2-5,7-10,12H2,1H3,(H,18,21). The summed E-state index contributed by atoms with van der Waals surface area (Å²) in [6.07, 6.45) is 6.81. The fourth-order valence-corrected chi connectivity index (χ4v) is 4.15. The molecule has 122 valence electrons. The van der Waals surface area contributed by atoms with Gasteiger partial charge in [0.2, 0.25) is 5.91 Å². The third kappa shape index (κ3) is 3.98. The van der Waals surface area contributed by atoms with Gasteiger partial charge in [0.25, 0.3) is 0 Å². The van der Waals surface area contributed by atoms with E-state index in [1.54, 1.807) is 11.3 Å². The van der Waals surface area contributed by atoms with Crippen molar-refractivity contribution in [2.45, 2.75) is 38.6 Å². The first kappa shape index (κ1) is 15.7. The van der Waals surface area contributed by atoms with Crippen molar-refractivity contribution in [1.82, 2.24) is 15.2 Å². The van der Waals surface area contributed by atoms with Gasteiger partial charge in [-0.2, -0.15) is 0 Å². The van der Waals surface area contributed by atoms with Crippen LogP contribution in [0.25, 0.3) is 0 Å². The van der Waals surface area contributed by atoms with Crippen LogP contribution in [0, 0.1) is 5.92 Å². The summed E-state index contributed by atoms with van der Waals surface area (Å²) in [5, 5.41) is 6.36. The topological polar surface area (TPSA) is 48.5 Å². The van der Waals surface area contributed by atoms with Crippen molar-refractivity contribution in [3.63, 3.8) is 0 Å². The molecular formula is C16H26N4OS. The molecule has 3 rings (SSSR count). The molecule has 1 saturated heterocycles. The highest BCUT2D eigenvalue weighted by atomic mass is 32.1. The van der Waals surface area contributed by atoms with Crippen LogP contribution in [0.1, 0.15) is 32.6 Å². The molecule has 1 aliphatic carbocycles. The summed E-state index contributed by atoms with van der Waals surface area (Å²) >= 11 is 1.69. The molecule has 1 saturated carbocycles. The Kier molecular flexibility index (Phi) is 5.31. The fraction of sp³-hybridized carbons (Fsp3) is 0.750. The van der Waals surface area contributed by atoms with Crippen LogP contribution in [0.5, 0.6) is 0 Å². The van der Waals surface area contributed by atoms with Gasteiger partial charge < -0.3 is 10.2 Å². The van der Waals surface area contributed by atoms with E-state index in [1.165, 1.54) is 19.3 Å². The van der Waals surface area contributed by atoms with Gasteiger partial charge in [0, 0.05) is 43.8 Å². The van der Waals surface area contributed by atoms with Gasteiger partial charge in [-0.05, 0) is 18.8 Å². The van der Waals surface area contributed by atoms with Gasteiger partial charge in [0.15, 0.2) is 5.13 Å². The molecule has 0 spiro atoms. The Balaban J connectivity index is 1.41. The minimum absolute atomic E-state index is 0.196. The summed E-state index contributed by atoms with van der Waals surface area (Å²) in [7, 11) is 0. The Labute approximate surface area is 136 Å². The van der Waals surface area contributed by atoms with Gasteiger partial charge >= 0.3 is 0 Å². The molecule has 0 bridgehead atoms. The zero-order valence-electron chi connectivity index (χ0n) is 13.3. The molecule has 2 unspecified atom stereocenters. The van der Waals surface area contributed by atoms with E-state index in [4.69, 9.17) is 0 Å². The number of carbonyl (C=O) groups is 1. The quantitative estimate of drug-likeness (QED) is 0.921. The first-order valence-corrected chi connectivity index (χ1v) is 9.26. The summed E-state index contributed by atoms with van der Waals surface area (Å²) < 4.78 is 0. The summed E-state index contributed by atoms with van der Waals surface area (Å²) in [5.41, 5.74) is 0. The molecule has 0 aromatic carbocycles. The second kappa shape index (κ2) is 7.42. The van der Waals surface area contributed by atoms with Crippen LogP contribution in [0.2, 0.25) is 0 Å². The maximum atomic E-state index is 12.3. The third-order valence-electron chi connectivity index (χ3n) is 4.89. The molecule has 1 amide bonds. The number of rotatable bonds is 4. The van der Waals surface area contributed by atoms with Gasteiger partial charge in [0.1, 0.15) is 0 Å². The Hall–Kier alpha value is -1.14. The molecule has 2 aliphatic rings. The van der Waals surface area contributed by atoms with Gasteiger partial charge in [-0.25, -0.2) is 4.98 Å². The van der Waals surface area contributed by atoms with E-state index in [-0.39, 0.29) is 5.91 Å². The van der Waals surface area contributed by atoms with Crippen molar-refractivity contribution < 1.29 is 4.79 Å². The van der Waals surface area contributed by atoms with Crippen LogP contribution < -0.4 is 10.2 Å². The maximum absolute atomic E-state index is 12.3. The highest BCUT2D eigenvalue weighted by Gasteiger charge is 2.25. The van der Waals surface area contributed by atoms with Crippen molar-refractivity contribution in [1.29, 1.82) is 0 Å². The normalized spacial score (nSPS) is 26.9. The molecule has 1 aromatic rings. The number of amides is 1. The van der Waals surface area contributed by atoms with Crippen molar-refractivity contribution in [3.05, 3.63) is 11.6 Å². The molecule has 0 radical (unpaired) electrons. The lowest BCUT2D eigenvalue weighted by atomic mass is 9.86. The summed E-state index contributed by atoms with van der Waals surface area (Å²) in [6, 6.07) is 0.387. The van der Waals surface area contributed by atoms with Gasteiger partial charge in [0.05, 0.1) is 6.54 Å². The van der Waals surface area contributed by atoms with E-state index in [0.29, 0.717) is 18.5 Å². The first-order chi connectivity index (χ1) is 10.7. The van der Waals surface area contributed by atoms with Crippen LogP contribution in [0.15, 0.2) is 11.6 Å². The average molecular weight is 322 g/mol. The Bertz CT molecular complexity index is 471. The van der Waals surface area contributed by atoms with Gasteiger partial charge in [-0.1, -0.05) is 19.8 Å². The maximum Gasteiger partial charge on any atom is 0.234 e. The minimum Gasteiger partial charge on any atom is -0.352 e. The van der Waals surface area contributed by atoms with Gasteiger partial charge in [-0.15, -0.1) is 11.3 Å². The fourth-order valence-electron chi connectivity index (χ4n) is 3.46. The molecule has 2 atom stereocenters. The summed E-state index contributed by atoms with van der Waals surface area (Å²) in [5.74, 6) is 0.820. The summed E-state index contributed by atoms with van der Waals surface area (Å²) in [4.78, 5) is 21.2. The van der Waals surface area contributed by atoms with Crippen molar-refractivity contribution in [2.24, 2.45) is 5.92 Å². The van der Waals surface area contributed by atoms with Gasteiger partial charge in [-0.3, -0.25) is 9.69 Å². The zero-order valence-corrected chi connectivity index (χ0v) is 14.1. The van der Waals surface area contributed by atoms with E-state index >= 15 is 0 Å². The van der Waals surface area contributed by atoms with E-state index in [2.05, 4.69) is 27.0 Å². The second-order valence-corrected chi connectivity index (χ2v) is 7.39. The average Bonchev–Trinajstić information content (AvgIpc) is 3.05. The van der Waals surface area contributed by atoms with Crippen LogP contribution in [0.3, 0.4) is 0 Å². The lowest BCUT2D eigenvalue weighted by Crippen LogP contribution is -2.51. The molecule has 2 fully saturated rings. The smallest absolute Gasteiger partial charge is 0.234 e. The van der Waals surface area contributed by atoms with Crippen LogP contribution in [0.4, 0.5) is 5.13 Å². The Morgan fingerprint density at radius 3 is 2.77 bits per heavy atom. The second-order valence-electron chi connectivity index (χ2n) is 6.51. The SMILES string of the molecule is CC1CCCCC1NC(=O)CN1CCN(c2nccs2)CC1. The number of hydrogen-bond donors (Lipinski definition) is 1. The van der Waals surface area contributed by atoms with Crippen molar-refractivity contribution >= 4 is 22.4 Å². The van der Waals surface area contributed by atoms with Crippen molar-refractivity contribution in [2.75, 3.05) is 37.6 Å². The minimum atomic E-state index is 0.196. The Morgan fingerprint density at radius 1 is 1.32 bits per heavy atom. The lowest BCUT2D eigenvalue weighted by molar-refractivity contribution is -0.123. The molecule has 1 aliphatic heterocycles. The number of hydrogen-bond acceptors (Lipinski definition) is 5. The largest absolute Gasteiger partial charge is 0.352 e. The number of thiazole rings is 1. The van der Waals surface area contributed by atoms with Crippen LogP contribution in [-0.2, 0) is 4.79 Å². The molecular weight excluding hydrogens is 296 g/mol. The number of carbonyl (C=O) groups excluding carboxylic acids is 1. The molecule has 6 heteroatoms. The summed E-state index contributed by atoms with van der Waals surface area (Å²) in [6.45, 7) is 6.59. The van der Waals surface area contributed by atoms with E-state index < -0.39 is 0 Å². The predicted molar refractivity (Wildman–Crippen MR) is 90.3 cm³/mol. The van der Waals surface area contributed by atoms with Crippen molar-refractivity contribution in [3.8, 4) is 0 Å². The van der Waals surface area contributed by atoms with Crippen LogP contribution in [-0.4, -0.2) is 54.6 Å². The number of anilines is 1. The highest BCUT2D eigenvalue weighted by molar-refractivity contribution is 7.13. The molecule has 5 nitrogen and oxygen atoms in total. The highest BCUT2D eigenvalue weighted by Crippen LogP contribution is 2.23. The molecule has 1 N–H and O–H groups in total. The molecule has 22 heavy (non-hydrogen) atoms. The lowest BCUT2D eigenvalue weighted by Gasteiger charge is -2.35. The van der Waals surface area contributed by atoms with E-state index in [9.17, 15) is 4.79 Å². The predicted octanol–water partition coefficient (Wildman–Crippen LogP) is 1.96. The van der Waals surface area contributed by atoms with Crippen LogP contribution >= 0.6 is 11.3 Å².